The molecule has 3 aromatic rings. The lowest BCUT2D eigenvalue weighted by Crippen LogP contribution is -2.53. The van der Waals surface area contributed by atoms with Gasteiger partial charge in [0.25, 0.3) is 0 Å². The van der Waals surface area contributed by atoms with E-state index in [2.05, 4.69) is 70.4 Å². The number of aromatic nitrogens is 2. The summed E-state index contributed by atoms with van der Waals surface area (Å²) in [7, 11) is 1.30. The van der Waals surface area contributed by atoms with Gasteiger partial charge in [-0.25, -0.2) is 9.78 Å². The standard InChI is InChI=1S/C43H55N7O6S2/c1-24(2)38(47-37(52)23-51)41(53)50-22-32(58-7)18-36(50)40-45-20-34(46-40)29-14-12-27(13-15-29)26-8-10-28(11-9-26)30-16-33(44-19-30)35-17-31(57-6)21-49(35)42(54)39(25(3)4)48-43(55)56-5/h8-15,19-20,24-25,31-32,35-36,38-39,51H,16-18,21-23H2,1-7H3,(H,45,46)(H,47,52)(H,48,55)/t31-,32-,35?,36?,38-,39-/m0/s1. The predicted octanol–water partition coefficient (Wildman–Crippen LogP) is 5.78. The van der Waals surface area contributed by atoms with Gasteiger partial charge in [-0.1, -0.05) is 76.2 Å². The van der Waals surface area contributed by atoms with Gasteiger partial charge in [0.2, 0.25) is 17.7 Å². The van der Waals surface area contributed by atoms with Crippen molar-refractivity contribution >= 4 is 58.6 Å². The first-order chi connectivity index (χ1) is 27.8. The van der Waals surface area contributed by atoms with Gasteiger partial charge in [0.1, 0.15) is 24.5 Å². The number of H-pyrrole nitrogens is 1. The number of alkyl carbamates (subject to hydrolysis) is 1. The fourth-order valence-electron chi connectivity index (χ4n) is 7.99. The van der Waals surface area contributed by atoms with Crippen molar-refractivity contribution in [1.82, 2.24) is 30.4 Å². The third kappa shape index (κ3) is 9.47. The number of nitrogens with zero attached hydrogens (tertiary/aromatic N) is 4. The van der Waals surface area contributed by atoms with E-state index in [4.69, 9.17) is 14.7 Å². The number of benzene rings is 2. The second-order valence-corrected chi connectivity index (χ2v) is 18.1. The molecular weight excluding hydrogens is 775 g/mol. The van der Waals surface area contributed by atoms with Crippen LogP contribution in [0.2, 0.25) is 0 Å². The molecule has 0 radical (unpaired) electrons. The highest BCUT2D eigenvalue weighted by atomic mass is 32.2. The van der Waals surface area contributed by atoms with E-state index >= 15 is 0 Å². The molecule has 2 saturated heterocycles. The Morgan fingerprint density at radius 2 is 1.33 bits per heavy atom. The number of aliphatic imine (C=N–C) groups is 1. The van der Waals surface area contributed by atoms with Gasteiger partial charge in [-0.2, -0.15) is 23.5 Å². The quantitative estimate of drug-likeness (QED) is 0.157. The third-order valence-corrected chi connectivity index (χ3v) is 13.4. The zero-order chi connectivity index (χ0) is 41.7. The minimum atomic E-state index is -0.741. The molecule has 13 nitrogen and oxygen atoms in total. The Bertz CT molecular complexity index is 2010. The molecule has 4 N–H and O–H groups in total. The summed E-state index contributed by atoms with van der Waals surface area (Å²) in [5.41, 5.74) is 7.09. The Morgan fingerprint density at radius 3 is 1.86 bits per heavy atom. The largest absolute Gasteiger partial charge is 0.453 e. The van der Waals surface area contributed by atoms with Crippen LogP contribution in [0, 0.1) is 11.8 Å². The first kappa shape index (κ1) is 43.0. The minimum Gasteiger partial charge on any atom is -0.453 e. The van der Waals surface area contributed by atoms with Gasteiger partial charge >= 0.3 is 6.09 Å². The molecule has 4 heterocycles. The number of methoxy groups -OCH3 is 1. The minimum absolute atomic E-state index is 0.104. The van der Waals surface area contributed by atoms with Crippen LogP contribution in [-0.2, 0) is 19.1 Å². The highest BCUT2D eigenvalue weighted by molar-refractivity contribution is 7.99. The summed E-state index contributed by atoms with van der Waals surface area (Å²) in [6, 6.07) is 14.9. The van der Waals surface area contributed by atoms with E-state index in [1.54, 1.807) is 29.7 Å². The molecule has 2 aromatic carbocycles. The maximum Gasteiger partial charge on any atom is 0.407 e. The number of aliphatic hydroxyl groups excluding tert-OH is 1. The van der Waals surface area contributed by atoms with Crippen molar-refractivity contribution in [2.24, 2.45) is 16.8 Å². The normalized spacial score (nSPS) is 21.6. The van der Waals surface area contributed by atoms with Crippen LogP contribution >= 0.6 is 23.5 Å². The lowest BCUT2D eigenvalue weighted by Gasteiger charge is -2.31. The highest BCUT2D eigenvalue weighted by Gasteiger charge is 2.43. The van der Waals surface area contributed by atoms with Crippen LogP contribution < -0.4 is 10.6 Å². The van der Waals surface area contributed by atoms with Crippen molar-refractivity contribution in [2.45, 2.75) is 81.6 Å². The van der Waals surface area contributed by atoms with E-state index in [1.165, 1.54) is 7.11 Å². The number of amides is 4. The summed E-state index contributed by atoms with van der Waals surface area (Å²) in [5, 5.41) is 15.3. The molecule has 2 fully saturated rings. The fourth-order valence-corrected chi connectivity index (χ4v) is 9.36. The van der Waals surface area contributed by atoms with Crippen LogP contribution in [-0.4, -0.2) is 122 Å². The monoisotopic (exact) mass is 829 g/mol. The van der Waals surface area contributed by atoms with Crippen molar-refractivity contribution in [2.75, 3.05) is 39.3 Å². The summed E-state index contributed by atoms with van der Waals surface area (Å²) >= 11 is 3.46. The topological polar surface area (TPSA) is 169 Å². The molecule has 1 aromatic heterocycles. The Balaban J connectivity index is 1.10. The second-order valence-electron chi connectivity index (χ2n) is 15.8. The predicted molar refractivity (Wildman–Crippen MR) is 231 cm³/mol. The van der Waals surface area contributed by atoms with Gasteiger partial charge < -0.3 is 35.3 Å². The van der Waals surface area contributed by atoms with E-state index < -0.39 is 30.7 Å². The summed E-state index contributed by atoms with van der Waals surface area (Å²) in [6.07, 6.45) is 9.41. The summed E-state index contributed by atoms with van der Waals surface area (Å²) in [6.45, 7) is 8.09. The summed E-state index contributed by atoms with van der Waals surface area (Å²) in [5.74, 6) is -0.405. The zero-order valence-electron chi connectivity index (χ0n) is 34.2. The molecule has 3 aliphatic rings. The smallest absolute Gasteiger partial charge is 0.407 e. The number of carbonyl (C=O) groups is 4. The lowest BCUT2D eigenvalue weighted by molar-refractivity contribution is -0.139. The van der Waals surface area contributed by atoms with E-state index in [9.17, 15) is 24.3 Å². The Morgan fingerprint density at radius 1 is 0.810 bits per heavy atom. The number of hydrogen-bond donors (Lipinski definition) is 4. The maximum atomic E-state index is 13.8. The van der Waals surface area contributed by atoms with Crippen LogP contribution in [0.15, 0.2) is 65.9 Å². The van der Waals surface area contributed by atoms with Crippen LogP contribution in [0.25, 0.3) is 28.0 Å². The molecule has 310 valence electrons. The zero-order valence-corrected chi connectivity index (χ0v) is 35.9. The van der Waals surface area contributed by atoms with Gasteiger partial charge in [0, 0.05) is 41.9 Å². The van der Waals surface area contributed by atoms with E-state index in [0.717, 1.165) is 52.1 Å². The number of hydrogen-bond acceptors (Lipinski definition) is 10. The van der Waals surface area contributed by atoms with E-state index in [0.29, 0.717) is 25.3 Å². The Hall–Kier alpha value is -4.60. The Labute approximate surface area is 349 Å². The molecule has 3 aliphatic heterocycles. The molecular formula is C43H55N7O6S2. The number of allylic oxidation sites excluding steroid dienone is 1. The molecule has 4 amide bonds. The molecule has 6 rings (SSSR count). The average molecular weight is 830 g/mol. The van der Waals surface area contributed by atoms with Crippen LogP contribution in [0.1, 0.15) is 64.4 Å². The third-order valence-electron chi connectivity index (χ3n) is 11.4. The number of ether oxygens (including phenoxy) is 1. The fraction of sp³-hybridized carbons (Fsp3) is 0.488. The molecule has 0 bridgehead atoms. The molecule has 58 heavy (non-hydrogen) atoms. The van der Waals surface area contributed by atoms with Crippen molar-refractivity contribution in [1.29, 1.82) is 0 Å². The number of imidazole rings is 1. The molecule has 2 unspecified atom stereocenters. The van der Waals surface area contributed by atoms with Gasteiger partial charge in [0.05, 0.1) is 31.1 Å². The lowest BCUT2D eigenvalue weighted by atomic mass is 9.95. The SMILES string of the molecule is COC(=O)N[C@H](C(=O)N1C[C@@H](SC)CC1C1=NC=C(c2ccc(-c3ccc(-c4cnc(C5C[C@H](SC)CN5C(=O)[C@@H](NC(=O)CO)C(C)C)[nH]4)cc3)cc2)C1)C(C)C. The first-order valence-corrected chi connectivity index (χ1v) is 22.4. The van der Waals surface area contributed by atoms with Crippen molar-refractivity contribution in [3.05, 3.63) is 72.3 Å². The molecule has 0 aliphatic carbocycles. The molecule has 0 spiro atoms. The number of aliphatic hydroxyl groups is 1. The average Bonchev–Trinajstić information content (AvgIpc) is 4.07. The van der Waals surface area contributed by atoms with Crippen molar-refractivity contribution in [3.8, 4) is 22.4 Å². The van der Waals surface area contributed by atoms with Gasteiger partial charge in [0.15, 0.2) is 0 Å². The number of thioether (sulfide) groups is 2. The molecule has 0 saturated carbocycles. The van der Waals surface area contributed by atoms with Gasteiger partial charge in [-0.3, -0.25) is 19.4 Å². The highest BCUT2D eigenvalue weighted by Crippen LogP contribution is 2.38. The summed E-state index contributed by atoms with van der Waals surface area (Å²) in [4.78, 5) is 68.4. The number of rotatable bonds is 14. The Kier molecular flexibility index (Phi) is 14.1. The van der Waals surface area contributed by atoms with Crippen molar-refractivity contribution < 1.29 is 29.0 Å². The number of carbonyl (C=O) groups excluding carboxylic acids is 4. The van der Waals surface area contributed by atoms with E-state index in [1.807, 2.05) is 50.0 Å². The van der Waals surface area contributed by atoms with Crippen LogP contribution in [0.5, 0.6) is 0 Å². The number of aromatic amines is 1. The van der Waals surface area contributed by atoms with E-state index in [-0.39, 0.29) is 46.2 Å². The van der Waals surface area contributed by atoms with Crippen LogP contribution in [0.3, 0.4) is 0 Å². The maximum absolute atomic E-state index is 13.8. The number of nitrogens with one attached hydrogen (secondary N) is 3. The van der Waals surface area contributed by atoms with Crippen LogP contribution in [0.4, 0.5) is 4.79 Å². The summed E-state index contributed by atoms with van der Waals surface area (Å²) < 4.78 is 4.80. The molecule has 6 atom stereocenters. The second kappa shape index (κ2) is 19.0. The first-order valence-electron chi connectivity index (χ1n) is 19.8. The van der Waals surface area contributed by atoms with Crippen molar-refractivity contribution in [3.63, 3.8) is 0 Å². The molecule has 15 heteroatoms. The van der Waals surface area contributed by atoms with Gasteiger partial charge in [-0.15, -0.1) is 0 Å². The number of likely N-dealkylation sites (tertiary alicyclic amines) is 2. The van der Waals surface area contributed by atoms with Gasteiger partial charge in [-0.05, 0) is 65.0 Å².